The number of benzene rings is 1. The first-order valence-electron chi connectivity index (χ1n) is 8.16. The van der Waals surface area contributed by atoms with Gasteiger partial charge in [0.25, 0.3) is 0 Å². The van der Waals surface area contributed by atoms with E-state index in [-0.39, 0.29) is 22.6 Å². The number of ketones is 1. The lowest BCUT2D eigenvalue weighted by atomic mass is 10.1. The van der Waals surface area contributed by atoms with Crippen molar-refractivity contribution in [1.29, 1.82) is 0 Å². The number of nitrogens with zero attached hydrogens (tertiary/aromatic N) is 2. The van der Waals surface area contributed by atoms with Crippen molar-refractivity contribution in [1.82, 2.24) is 14.8 Å². The van der Waals surface area contributed by atoms with Crippen LogP contribution in [0.25, 0.3) is 0 Å². The number of aromatic amines is 1. The van der Waals surface area contributed by atoms with E-state index in [1.165, 1.54) is 18.7 Å². The molecule has 2 N–H and O–H groups in total. The largest absolute Gasteiger partial charge is 0.343 e. The first-order chi connectivity index (χ1) is 11.9. The highest BCUT2D eigenvalue weighted by Crippen LogP contribution is 2.24. The number of nitrogens with one attached hydrogen (secondary N) is 2. The van der Waals surface area contributed by atoms with Gasteiger partial charge in [-0.15, -0.1) is 5.10 Å². The van der Waals surface area contributed by atoms with E-state index in [2.05, 4.69) is 22.4 Å². The van der Waals surface area contributed by atoms with Crippen LogP contribution >= 0.6 is 11.8 Å². The van der Waals surface area contributed by atoms with E-state index in [0.717, 1.165) is 12.8 Å². The third-order valence-electron chi connectivity index (χ3n) is 3.60. The number of carbonyl (C=O) groups is 2. The average molecular weight is 362 g/mol. The summed E-state index contributed by atoms with van der Waals surface area (Å²) in [7, 11) is 0. The molecule has 0 aliphatic carbocycles. The molecule has 0 bridgehead atoms. The zero-order valence-electron chi connectivity index (χ0n) is 14.5. The van der Waals surface area contributed by atoms with Gasteiger partial charge in [0.05, 0.1) is 5.25 Å². The smallest absolute Gasteiger partial charge is 0.326 e. The standard InChI is InChI=1S/C17H22N4O3S/c1-4-5-10-21-16(24)19-20-17(21)25-11(2)15(23)13-6-8-14(9-7-13)18-12(3)22/h6-9,11H,4-5,10H2,1-3H3,(H,18,22)(H,19,24). The Morgan fingerprint density at radius 1 is 1.32 bits per heavy atom. The summed E-state index contributed by atoms with van der Waals surface area (Å²) in [5, 5.41) is 9.26. The summed E-state index contributed by atoms with van der Waals surface area (Å²) in [6.07, 6.45) is 1.84. The summed E-state index contributed by atoms with van der Waals surface area (Å²) in [6.45, 7) is 5.85. The minimum atomic E-state index is -0.387. The number of hydrogen-bond acceptors (Lipinski definition) is 5. The van der Waals surface area contributed by atoms with Gasteiger partial charge in [0.15, 0.2) is 10.9 Å². The lowest BCUT2D eigenvalue weighted by molar-refractivity contribution is -0.114. The first kappa shape index (κ1) is 19.0. The van der Waals surface area contributed by atoms with Crippen molar-refractivity contribution in [2.45, 2.75) is 50.6 Å². The summed E-state index contributed by atoms with van der Waals surface area (Å²) in [5.74, 6) is -0.219. The molecule has 0 spiro atoms. The van der Waals surface area contributed by atoms with Crippen molar-refractivity contribution in [2.24, 2.45) is 0 Å². The van der Waals surface area contributed by atoms with Gasteiger partial charge in [-0.3, -0.25) is 14.2 Å². The Labute approximate surface area is 150 Å². The van der Waals surface area contributed by atoms with Crippen LogP contribution in [0.15, 0.2) is 34.2 Å². The number of thioether (sulfide) groups is 1. The molecule has 25 heavy (non-hydrogen) atoms. The molecule has 1 aromatic heterocycles. The first-order valence-corrected chi connectivity index (χ1v) is 9.04. The summed E-state index contributed by atoms with van der Waals surface area (Å²) in [5.41, 5.74) is 0.937. The fourth-order valence-electron chi connectivity index (χ4n) is 2.27. The Morgan fingerprint density at radius 2 is 2.00 bits per heavy atom. The Bertz CT molecular complexity index is 795. The van der Waals surface area contributed by atoms with Crippen LogP contribution in [0.1, 0.15) is 44.0 Å². The number of hydrogen-bond donors (Lipinski definition) is 2. The Hall–Kier alpha value is -2.35. The molecule has 1 aromatic carbocycles. The van der Waals surface area contributed by atoms with E-state index < -0.39 is 0 Å². The second-order valence-corrected chi connectivity index (χ2v) is 7.01. The van der Waals surface area contributed by atoms with E-state index in [9.17, 15) is 14.4 Å². The van der Waals surface area contributed by atoms with Crippen LogP contribution in [0.4, 0.5) is 5.69 Å². The predicted octanol–water partition coefficient (Wildman–Crippen LogP) is 2.69. The van der Waals surface area contributed by atoms with Gasteiger partial charge in [0.2, 0.25) is 5.91 Å². The van der Waals surface area contributed by atoms with E-state index in [1.54, 1.807) is 35.8 Å². The normalized spacial score (nSPS) is 12.0. The molecule has 1 amide bonds. The number of rotatable bonds is 8. The molecule has 0 aliphatic heterocycles. The maximum absolute atomic E-state index is 12.6. The summed E-state index contributed by atoms with van der Waals surface area (Å²) in [6, 6.07) is 6.74. The average Bonchev–Trinajstić information content (AvgIpc) is 2.92. The molecule has 0 saturated heterocycles. The molecule has 0 aliphatic rings. The second kappa shape index (κ2) is 8.66. The molecule has 134 valence electrons. The highest BCUT2D eigenvalue weighted by Gasteiger charge is 2.20. The van der Waals surface area contributed by atoms with Crippen molar-refractivity contribution in [2.75, 3.05) is 5.32 Å². The number of carbonyl (C=O) groups excluding carboxylic acids is 2. The lowest BCUT2D eigenvalue weighted by Crippen LogP contribution is -2.19. The van der Waals surface area contributed by atoms with Gasteiger partial charge in [-0.2, -0.15) is 0 Å². The van der Waals surface area contributed by atoms with Crippen LogP contribution in [0.2, 0.25) is 0 Å². The third-order valence-corrected chi connectivity index (χ3v) is 4.69. The molecule has 0 fully saturated rings. The minimum absolute atomic E-state index is 0.0585. The van der Waals surface area contributed by atoms with Crippen molar-refractivity contribution in [3.05, 3.63) is 40.3 Å². The van der Waals surface area contributed by atoms with E-state index in [4.69, 9.17) is 0 Å². The number of H-pyrrole nitrogens is 1. The molecule has 1 unspecified atom stereocenters. The van der Waals surface area contributed by atoms with Crippen LogP contribution < -0.4 is 11.0 Å². The summed E-state index contributed by atoms with van der Waals surface area (Å²) < 4.78 is 1.57. The molecule has 2 aromatic rings. The van der Waals surface area contributed by atoms with Gasteiger partial charge in [0.1, 0.15) is 0 Å². The fraction of sp³-hybridized carbons (Fsp3) is 0.412. The number of unbranched alkanes of at least 4 members (excludes halogenated alkanes) is 1. The maximum atomic E-state index is 12.6. The van der Waals surface area contributed by atoms with E-state index in [0.29, 0.717) is 23.0 Å². The highest BCUT2D eigenvalue weighted by molar-refractivity contribution is 8.00. The highest BCUT2D eigenvalue weighted by atomic mass is 32.2. The van der Waals surface area contributed by atoms with Gasteiger partial charge in [-0.25, -0.2) is 9.89 Å². The zero-order valence-corrected chi connectivity index (χ0v) is 15.4. The van der Waals surface area contributed by atoms with Crippen molar-refractivity contribution in [3.8, 4) is 0 Å². The number of aromatic nitrogens is 3. The van der Waals surface area contributed by atoms with Crippen LogP contribution in [0.3, 0.4) is 0 Å². The molecule has 1 heterocycles. The van der Waals surface area contributed by atoms with Crippen LogP contribution in [0, 0.1) is 0 Å². The van der Waals surface area contributed by atoms with E-state index in [1.807, 2.05) is 0 Å². The van der Waals surface area contributed by atoms with Gasteiger partial charge in [-0.05, 0) is 37.6 Å². The SMILES string of the molecule is CCCCn1c(SC(C)C(=O)c2ccc(NC(C)=O)cc2)n[nH]c1=O. The maximum Gasteiger partial charge on any atom is 0.343 e. The van der Waals surface area contributed by atoms with E-state index >= 15 is 0 Å². The number of amides is 1. The summed E-state index contributed by atoms with van der Waals surface area (Å²) in [4.78, 5) is 35.4. The quantitative estimate of drug-likeness (QED) is 0.556. The van der Waals surface area contributed by atoms with Crippen LogP contribution in [-0.2, 0) is 11.3 Å². The fourth-order valence-corrected chi connectivity index (χ4v) is 3.23. The topological polar surface area (TPSA) is 96.8 Å². The number of Topliss-reactive ketones (excluding diaryl/α,β-unsaturated/α-hetero) is 1. The predicted molar refractivity (Wildman–Crippen MR) is 98.2 cm³/mol. The van der Waals surface area contributed by atoms with Gasteiger partial charge >= 0.3 is 5.69 Å². The van der Waals surface area contributed by atoms with Crippen molar-refractivity contribution in [3.63, 3.8) is 0 Å². The van der Waals surface area contributed by atoms with Gasteiger partial charge < -0.3 is 5.32 Å². The summed E-state index contributed by atoms with van der Waals surface area (Å²) >= 11 is 1.26. The van der Waals surface area contributed by atoms with Crippen molar-refractivity contribution >= 4 is 29.1 Å². The lowest BCUT2D eigenvalue weighted by Gasteiger charge is -2.11. The second-order valence-electron chi connectivity index (χ2n) is 5.70. The number of anilines is 1. The molecular formula is C17H22N4O3S. The Morgan fingerprint density at radius 3 is 2.60 bits per heavy atom. The molecule has 0 radical (unpaired) electrons. The molecule has 8 heteroatoms. The monoisotopic (exact) mass is 362 g/mol. The van der Waals surface area contributed by atoms with Crippen LogP contribution in [-0.4, -0.2) is 31.7 Å². The van der Waals surface area contributed by atoms with Gasteiger partial charge in [0, 0.05) is 24.7 Å². The Kier molecular flexibility index (Phi) is 6.58. The molecule has 2 rings (SSSR count). The molecule has 1 atom stereocenters. The Balaban J connectivity index is 2.08. The van der Waals surface area contributed by atoms with Gasteiger partial charge in [-0.1, -0.05) is 25.1 Å². The third kappa shape index (κ3) is 5.06. The zero-order chi connectivity index (χ0) is 18.4. The molecular weight excluding hydrogens is 340 g/mol. The minimum Gasteiger partial charge on any atom is -0.326 e. The van der Waals surface area contributed by atoms with Crippen molar-refractivity contribution < 1.29 is 9.59 Å². The molecule has 0 saturated carbocycles. The van der Waals surface area contributed by atoms with Crippen LogP contribution in [0.5, 0.6) is 0 Å². The molecule has 7 nitrogen and oxygen atoms in total.